The summed E-state index contributed by atoms with van der Waals surface area (Å²) in [5, 5.41) is 3.17. The average Bonchev–Trinajstić information content (AvgIpc) is 2.15. The predicted octanol–water partition coefficient (Wildman–Crippen LogP) is 3.10. The van der Waals surface area contributed by atoms with Crippen LogP contribution < -0.4 is 5.32 Å². The maximum Gasteiger partial charge on any atom is 0.0765 e. The molecule has 0 aromatic heterocycles. The third-order valence-electron chi connectivity index (χ3n) is 1.91. The molecule has 0 aromatic carbocycles. The third-order valence-corrected chi connectivity index (χ3v) is 2.01. The lowest BCUT2D eigenvalue weighted by Crippen LogP contribution is -2.18. The average molecular weight is 193 g/mol. The van der Waals surface area contributed by atoms with Gasteiger partial charge < -0.3 is 5.32 Å². The molecule has 0 radical (unpaired) electrons. The number of rotatable bonds is 2. The Balaban J connectivity index is 2.72. The Bertz CT molecular complexity index is 284. The molecule has 2 heteroatoms. The summed E-state index contributed by atoms with van der Waals surface area (Å²) in [6, 6.07) is 0. The van der Waals surface area contributed by atoms with E-state index in [0.717, 1.165) is 23.5 Å². The molecule has 1 rings (SSSR count). The van der Waals surface area contributed by atoms with Crippen molar-refractivity contribution in [1.29, 1.82) is 0 Å². The molecular weight excluding hydrogens is 178 g/mol. The van der Waals surface area contributed by atoms with Crippen molar-refractivity contribution in [3.05, 3.63) is 35.6 Å². The molecule has 0 aliphatic heterocycles. The minimum Gasteiger partial charge on any atom is -0.350 e. The van der Waals surface area contributed by atoms with Gasteiger partial charge in [0.1, 0.15) is 0 Å². The molecule has 0 unspecified atom stereocenters. The first-order valence-corrected chi connectivity index (χ1v) is 4.96. The molecule has 0 atom stereocenters. The van der Waals surface area contributed by atoms with Gasteiger partial charge in [0, 0.05) is 5.70 Å². The lowest BCUT2D eigenvalue weighted by Gasteiger charge is -2.12. The Morgan fingerprint density at radius 3 is 2.77 bits per heavy atom. The Morgan fingerprint density at radius 1 is 1.54 bits per heavy atom. The van der Waals surface area contributed by atoms with Gasteiger partial charge in [-0.25, -0.2) is 0 Å². The molecule has 1 nitrogen and oxygen atoms in total. The predicted molar refractivity (Wildman–Crippen MR) is 61.6 cm³/mol. The fraction of sp³-hybridized carbons (Fsp3) is 0.364. The van der Waals surface area contributed by atoms with E-state index >= 15 is 0 Å². The van der Waals surface area contributed by atoms with Gasteiger partial charge in [0.25, 0.3) is 0 Å². The van der Waals surface area contributed by atoms with Crippen LogP contribution in [0.5, 0.6) is 0 Å². The van der Waals surface area contributed by atoms with E-state index in [1.54, 1.807) is 0 Å². The van der Waals surface area contributed by atoms with E-state index in [4.69, 9.17) is 12.2 Å². The van der Waals surface area contributed by atoms with Crippen molar-refractivity contribution < 1.29 is 0 Å². The topological polar surface area (TPSA) is 12.0 Å². The van der Waals surface area contributed by atoms with Gasteiger partial charge >= 0.3 is 0 Å². The van der Waals surface area contributed by atoms with Gasteiger partial charge in [-0.05, 0) is 32.3 Å². The largest absolute Gasteiger partial charge is 0.350 e. The van der Waals surface area contributed by atoms with E-state index in [2.05, 4.69) is 29.6 Å². The summed E-state index contributed by atoms with van der Waals surface area (Å²) >= 11 is 5.00. The number of hydrogen-bond donors (Lipinski definition) is 1. The first-order valence-electron chi connectivity index (χ1n) is 4.55. The first kappa shape index (κ1) is 10.2. The number of hydrogen-bond acceptors (Lipinski definition) is 1. The van der Waals surface area contributed by atoms with Crippen molar-refractivity contribution in [2.45, 2.75) is 26.7 Å². The van der Waals surface area contributed by atoms with Gasteiger partial charge in [-0.3, -0.25) is 0 Å². The van der Waals surface area contributed by atoms with Crippen LogP contribution in [0.4, 0.5) is 0 Å². The van der Waals surface area contributed by atoms with E-state index in [-0.39, 0.29) is 0 Å². The Hall–Kier alpha value is -0.890. The van der Waals surface area contributed by atoms with Gasteiger partial charge in [0.05, 0.1) is 4.99 Å². The normalized spacial score (nSPS) is 16.8. The second-order valence-electron chi connectivity index (χ2n) is 3.02. The minimum absolute atomic E-state index is 0.813. The molecule has 0 spiro atoms. The van der Waals surface area contributed by atoms with Crippen LogP contribution in [0, 0.1) is 0 Å². The zero-order chi connectivity index (χ0) is 9.68. The van der Waals surface area contributed by atoms with Crippen LogP contribution in [0.1, 0.15) is 26.7 Å². The number of thiocarbonyl (C=S) groups is 1. The van der Waals surface area contributed by atoms with Crippen molar-refractivity contribution >= 4 is 17.2 Å². The summed E-state index contributed by atoms with van der Waals surface area (Å²) in [6.45, 7) is 3.91. The summed E-state index contributed by atoms with van der Waals surface area (Å²) < 4.78 is 0. The van der Waals surface area contributed by atoms with Gasteiger partial charge in [-0.1, -0.05) is 36.5 Å². The van der Waals surface area contributed by atoms with Crippen LogP contribution in [-0.4, -0.2) is 4.99 Å². The zero-order valence-corrected chi connectivity index (χ0v) is 8.95. The Kier molecular flexibility index (Phi) is 3.90. The van der Waals surface area contributed by atoms with E-state index in [0.29, 0.717) is 0 Å². The molecule has 0 saturated heterocycles. The van der Waals surface area contributed by atoms with Crippen molar-refractivity contribution in [1.82, 2.24) is 5.32 Å². The first-order chi connectivity index (χ1) is 6.24. The monoisotopic (exact) mass is 193 g/mol. The molecule has 0 saturated carbocycles. The summed E-state index contributed by atoms with van der Waals surface area (Å²) in [5.41, 5.74) is 2.36. The molecule has 0 bridgehead atoms. The van der Waals surface area contributed by atoms with E-state index in [9.17, 15) is 0 Å². The number of nitrogens with one attached hydrogen (secondary N) is 1. The second-order valence-corrected chi connectivity index (χ2v) is 3.64. The van der Waals surface area contributed by atoms with Crippen LogP contribution in [0.2, 0.25) is 0 Å². The Labute approximate surface area is 85.2 Å². The summed E-state index contributed by atoms with van der Waals surface area (Å²) in [4.78, 5) is 0.813. The van der Waals surface area contributed by atoms with Crippen LogP contribution in [0.25, 0.3) is 0 Å². The van der Waals surface area contributed by atoms with Crippen molar-refractivity contribution in [3.63, 3.8) is 0 Å². The van der Waals surface area contributed by atoms with Gasteiger partial charge in [0.15, 0.2) is 0 Å². The molecule has 0 heterocycles. The van der Waals surface area contributed by atoms with Crippen LogP contribution in [0.3, 0.4) is 0 Å². The molecular formula is C11H15NS. The molecule has 0 fully saturated rings. The second kappa shape index (κ2) is 4.97. The van der Waals surface area contributed by atoms with E-state index in [1.165, 1.54) is 5.57 Å². The van der Waals surface area contributed by atoms with Crippen molar-refractivity contribution in [2.24, 2.45) is 0 Å². The molecule has 70 valence electrons. The lowest BCUT2D eigenvalue weighted by atomic mass is 10.0. The van der Waals surface area contributed by atoms with Gasteiger partial charge in [-0.2, -0.15) is 0 Å². The van der Waals surface area contributed by atoms with Crippen LogP contribution >= 0.6 is 12.2 Å². The van der Waals surface area contributed by atoms with E-state index in [1.807, 2.05) is 13.8 Å². The molecule has 0 aromatic rings. The highest BCUT2D eigenvalue weighted by atomic mass is 32.1. The third kappa shape index (κ3) is 3.15. The summed E-state index contributed by atoms with van der Waals surface area (Å²) in [7, 11) is 0. The van der Waals surface area contributed by atoms with E-state index < -0.39 is 0 Å². The molecule has 1 aliphatic rings. The Morgan fingerprint density at radius 2 is 2.31 bits per heavy atom. The molecule has 1 N–H and O–H groups in total. The highest BCUT2D eigenvalue weighted by molar-refractivity contribution is 7.80. The maximum absolute atomic E-state index is 5.00. The van der Waals surface area contributed by atoms with Crippen LogP contribution in [-0.2, 0) is 0 Å². The maximum atomic E-state index is 5.00. The summed E-state index contributed by atoms with van der Waals surface area (Å²) in [5.74, 6) is 0. The molecule has 0 amide bonds. The standard InChI is InChI=1S/C11H15NS/c1-3-11(12-9(2)13)10-7-5-4-6-8-10/h3,5,7-8H,4,6H2,1-2H3,(H,12,13)/b11-3-. The summed E-state index contributed by atoms with van der Waals surface area (Å²) in [6.07, 6.45) is 10.9. The fourth-order valence-corrected chi connectivity index (χ4v) is 1.42. The van der Waals surface area contributed by atoms with Crippen molar-refractivity contribution in [2.75, 3.05) is 0 Å². The van der Waals surface area contributed by atoms with Gasteiger partial charge in [-0.15, -0.1) is 0 Å². The molecule has 13 heavy (non-hydrogen) atoms. The fourth-order valence-electron chi connectivity index (χ4n) is 1.31. The lowest BCUT2D eigenvalue weighted by molar-refractivity contribution is 1.00. The smallest absolute Gasteiger partial charge is 0.0765 e. The quantitative estimate of drug-likeness (QED) is 0.676. The number of allylic oxidation sites excluding steroid dienone is 4. The van der Waals surface area contributed by atoms with Crippen molar-refractivity contribution in [3.8, 4) is 0 Å². The minimum atomic E-state index is 0.813. The SMILES string of the molecule is C/C=C(\NC(C)=S)C1=CCCC=C1. The highest BCUT2D eigenvalue weighted by Gasteiger charge is 2.03. The highest BCUT2D eigenvalue weighted by Crippen LogP contribution is 2.15. The van der Waals surface area contributed by atoms with Gasteiger partial charge in [0.2, 0.25) is 0 Å². The zero-order valence-electron chi connectivity index (χ0n) is 8.13. The molecule has 1 aliphatic carbocycles. The van der Waals surface area contributed by atoms with Crippen LogP contribution in [0.15, 0.2) is 35.6 Å².